The third-order valence-corrected chi connectivity index (χ3v) is 7.56. The van der Waals surface area contributed by atoms with E-state index in [0.29, 0.717) is 5.92 Å². The van der Waals surface area contributed by atoms with E-state index in [4.69, 9.17) is 0 Å². The molecule has 0 bridgehead atoms. The molecule has 0 aliphatic heterocycles. The Balaban J connectivity index is 0.000000259. The zero-order valence-electron chi connectivity index (χ0n) is 25.9. The Bertz CT molecular complexity index is 1710. The van der Waals surface area contributed by atoms with Crippen LogP contribution in [-0.4, -0.2) is 6.88 Å². The van der Waals surface area contributed by atoms with Crippen molar-refractivity contribution in [3.63, 3.8) is 0 Å². The van der Waals surface area contributed by atoms with Crippen LogP contribution in [0.25, 0.3) is 43.8 Å². The Hall–Kier alpha value is -2.80. The molecule has 6 rings (SSSR count). The molecule has 41 heavy (non-hydrogen) atoms. The molecule has 0 fully saturated rings. The van der Waals surface area contributed by atoms with E-state index in [2.05, 4.69) is 152 Å². The SMILES string of the molecule is Cc1cc2c(-c3ccccc3C)ccc(C)c2[cH-]1.Cc1ccccc1-c1cccc2[cH-]c(C(C)C)cc12.[CH3-].[CH3-].[Si]=[Zr]. The molecule has 0 heterocycles. The molecule has 2 heteroatoms. The zero-order valence-corrected chi connectivity index (χ0v) is 29.4. The number of benzene rings is 4. The molecule has 6 aromatic carbocycles. The van der Waals surface area contributed by atoms with Gasteiger partial charge in [-0.3, -0.25) is 0 Å². The predicted molar refractivity (Wildman–Crippen MR) is 182 cm³/mol. The van der Waals surface area contributed by atoms with Crippen LogP contribution in [0.1, 0.15) is 47.6 Å². The van der Waals surface area contributed by atoms with Gasteiger partial charge in [0.25, 0.3) is 0 Å². The topological polar surface area (TPSA) is 0 Å². The van der Waals surface area contributed by atoms with Crippen molar-refractivity contribution in [2.45, 2.75) is 47.5 Å². The molecule has 6 aromatic rings. The first-order valence-electron chi connectivity index (χ1n) is 13.6. The number of rotatable bonds is 3. The first-order valence-corrected chi connectivity index (χ1v) is 17.7. The minimum atomic E-state index is 0. The van der Waals surface area contributed by atoms with Crippen molar-refractivity contribution in [3.8, 4) is 22.3 Å². The van der Waals surface area contributed by atoms with Crippen molar-refractivity contribution in [1.82, 2.24) is 0 Å². The molecule has 0 atom stereocenters. The summed E-state index contributed by atoms with van der Waals surface area (Å²) in [5, 5.41) is 5.49. The van der Waals surface area contributed by atoms with Gasteiger partial charge in [0.2, 0.25) is 0 Å². The van der Waals surface area contributed by atoms with Crippen molar-refractivity contribution in [2.75, 3.05) is 0 Å². The predicted octanol–water partition coefficient (Wildman–Crippen LogP) is 11.3. The Morgan fingerprint density at radius 2 is 1.10 bits per heavy atom. The molecule has 0 aliphatic rings. The van der Waals surface area contributed by atoms with E-state index in [1.54, 1.807) is 0 Å². The maximum atomic E-state index is 3.06. The molecule has 0 aromatic heterocycles. The third-order valence-electron chi connectivity index (χ3n) is 7.56. The summed E-state index contributed by atoms with van der Waals surface area (Å²) in [4.78, 5) is 0. The van der Waals surface area contributed by atoms with Gasteiger partial charge in [0.05, 0.1) is 0 Å². The zero-order chi connectivity index (χ0) is 28.1. The van der Waals surface area contributed by atoms with Crippen LogP contribution >= 0.6 is 0 Å². The number of fused-ring (bicyclic) bond motifs is 2. The summed E-state index contributed by atoms with van der Waals surface area (Å²) in [5.41, 5.74) is 12.2. The van der Waals surface area contributed by atoms with Crippen molar-refractivity contribution in [3.05, 3.63) is 146 Å². The third kappa shape index (κ3) is 7.54. The molecule has 0 saturated heterocycles. The molecule has 210 valence electrons. The summed E-state index contributed by atoms with van der Waals surface area (Å²) in [6.45, 7) is 16.3. The van der Waals surface area contributed by atoms with Crippen LogP contribution in [0.15, 0.2) is 103 Å². The van der Waals surface area contributed by atoms with Gasteiger partial charge in [0, 0.05) is 0 Å². The van der Waals surface area contributed by atoms with Crippen molar-refractivity contribution in [1.29, 1.82) is 0 Å². The summed E-state index contributed by atoms with van der Waals surface area (Å²) in [6, 6.07) is 37.5. The van der Waals surface area contributed by atoms with Crippen molar-refractivity contribution >= 4 is 28.4 Å². The molecular formula is C39H42SiZr-4. The number of aryl methyl sites for hydroxylation is 4. The quantitative estimate of drug-likeness (QED) is 0.135. The molecule has 0 amide bonds. The van der Waals surface area contributed by atoms with Crippen LogP contribution in [0.4, 0.5) is 0 Å². The van der Waals surface area contributed by atoms with E-state index in [-0.39, 0.29) is 14.9 Å². The summed E-state index contributed by atoms with van der Waals surface area (Å²) in [5.74, 6) is 0.581. The molecule has 0 N–H and O–H groups in total. The number of hydrogen-bond acceptors (Lipinski definition) is 0. The average Bonchev–Trinajstić information content (AvgIpc) is 3.56. The van der Waals surface area contributed by atoms with E-state index in [0.717, 1.165) is 0 Å². The standard InChI is InChI=1S/C19H19.C18H17.2CH3.Si.Zr/c1-13(2)16-11-15-8-6-10-18(19(15)12-16)17-9-5-4-7-14(17)3;1-12-10-17-14(3)8-9-16(18(17)11-12)15-7-5-4-6-13(15)2;;;;/h4-13H,1-3H3;4-11H,1-3H3;2*1H3;;/q4*-1;;. The fraction of sp³-hybridized carbons (Fsp3) is 0.179. The van der Waals surface area contributed by atoms with E-state index in [9.17, 15) is 0 Å². The molecule has 0 unspecified atom stereocenters. The first kappa shape index (κ1) is 34.4. The van der Waals surface area contributed by atoms with Crippen LogP contribution in [0.3, 0.4) is 0 Å². The fourth-order valence-electron chi connectivity index (χ4n) is 5.40. The van der Waals surface area contributed by atoms with Gasteiger partial charge in [-0.1, -0.05) is 99.5 Å². The van der Waals surface area contributed by atoms with Crippen molar-refractivity contribution in [2.24, 2.45) is 0 Å². The Kier molecular flexibility index (Phi) is 13.0. The van der Waals surface area contributed by atoms with Crippen LogP contribution in [0, 0.1) is 42.5 Å². The monoisotopic (exact) mass is 628 g/mol. The van der Waals surface area contributed by atoms with Gasteiger partial charge >= 0.3 is 30.2 Å². The van der Waals surface area contributed by atoms with Crippen molar-refractivity contribution < 1.29 is 23.3 Å². The summed E-state index contributed by atoms with van der Waals surface area (Å²) >= 11 is 1.36. The van der Waals surface area contributed by atoms with Gasteiger partial charge in [-0.15, -0.1) is 68.6 Å². The Labute approximate surface area is 265 Å². The van der Waals surface area contributed by atoms with Gasteiger partial charge in [-0.05, 0) is 42.0 Å². The van der Waals surface area contributed by atoms with E-state index in [1.807, 2.05) is 0 Å². The Morgan fingerprint density at radius 1 is 0.561 bits per heavy atom. The second kappa shape index (κ2) is 15.4. The van der Waals surface area contributed by atoms with Gasteiger partial charge < -0.3 is 14.9 Å². The van der Waals surface area contributed by atoms with E-state index < -0.39 is 0 Å². The van der Waals surface area contributed by atoms with E-state index in [1.165, 1.54) is 95.0 Å². The van der Waals surface area contributed by atoms with Gasteiger partial charge in [-0.2, -0.15) is 12.1 Å². The van der Waals surface area contributed by atoms with E-state index >= 15 is 0 Å². The molecule has 0 spiro atoms. The maximum absolute atomic E-state index is 3.06. The number of hydrogen-bond donors (Lipinski definition) is 0. The van der Waals surface area contributed by atoms with Gasteiger partial charge in [0.15, 0.2) is 0 Å². The summed E-state index contributed by atoms with van der Waals surface area (Å²) < 4.78 is 0. The molecule has 0 aliphatic carbocycles. The second-order valence-electron chi connectivity index (χ2n) is 10.7. The molecule has 0 saturated carbocycles. The molecule has 0 nitrogen and oxygen atoms in total. The minimum absolute atomic E-state index is 0. The van der Waals surface area contributed by atoms with Gasteiger partial charge in [-0.25, -0.2) is 0 Å². The molecule has 2 radical (unpaired) electrons. The Morgan fingerprint density at radius 3 is 1.66 bits per heavy atom. The summed E-state index contributed by atoms with van der Waals surface area (Å²) in [6.07, 6.45) is 0. The normalized spacial score (nSPS) is 10.2. The van der Waals surface area contributed by atoms with Crippen LogP contribution < -0.4 is 0 Å². The van der Waals surface area contributed by atoms with Crippen LogP contribution in [0.2, 0.25) is 0 Å². The van der Waals surface area contributed by atoms with Crippen LogP contribution in [0.5, 0.6) is 0 Å². The second-order valence-corrected chi connectivity index (χ2v) is 10.7. The molecular weight excluding hydrogens is 588 g/mol. The first-order chi connectivity index (χ1) is 18.8. The fourth-order valence-corrected chi connectivity index (χ4v) is 5.40. The van der Waals surface area contributed by atoms with Gasteiger partial charge in [0.1, 0.15) is 0 Å². The van der Waals surface area contributed by atoms with Crippen LogP contribution in [-0.2, 0) is 23.3 Å². The average molecular weight is 630 g/mol. The summed E-state index contributed by atoms with van der Waals surface area (Å²) in [7, 11) is 0.